The van der Waals surface area contributed by atoms with Crippen LogP contribution in [0.15, 0.2) is 18.2 Å². The summed E-state index contributed by atoms with van der Waals surface area (Å²) in [6, 6.07) is 7.36. The number of aliphatic hydroxyl groups excluding tert-OH is 1. The van der Waals surface area contributed by atoms with E-state index in [2.05, 4.69) is 30.4 Å². The molecule has 0 radical (unpaired) electrons. The smallest absolute Gasteiger partial charge is 0.0499 e. The summed E-state index contributed by atoms with van der Waals surface area (Å²) in [6.45, 7) is 3.52. The SMILES string of the molecule is CC(NCC1(CO)CCCC1)c1ccc2c(c1)CCC2. The number of benzene rings is 1. The van der Waals surface area contributed by atoms with Crippen molar-refractivity contribution in [2.24, 2.45) is 5.41 Å². The molecule has 2 heteroatoms. The predicted octanol–water partition coefficient (Wildman–Crippen LogP) is 3.38. The van der Waals surface area contributed by atoms with Crippen molar-refractivity contribution in [3.8, 4) is 0 Å². The van der Waals surface area contributed by atoms with Crippen molar-refractivity contribution in [3.63, 3.8) is 0 Å². The molecule has 0 heterocycles. The van der Waals surface area contributed by atoms with Gasteiger partial charge >= 0.3 is 0 Å². The second kappa shape index (κ2) is 5.87. The van der Waals surface area contributed by atoms with Gasteiger partial charge in [-0.15, -0.1) is 0 Å². The summed E-state index contributed by atoms with van der Waals surface area (Å²) in [5.74, 6) is 0. The van der Waals surface area contributed by atoms with E-state index < -0.39 is 0 Å². The van der Waals surface area contributed by atoms with E-state index in [1.54, 1.807) is 11.1 Å². The normalized spacial score (nSPS) is 21.9. The summed E-state index contributed by atoms with van der Waals surface area (Å²) >= 11 is 0. The second-order valence-corrected chi connectivity index (χ2v) is 6.85. The van der Waals surface area contributed by atoms with Crippen molar-refractivity contribution < 1.29 is 5.11 Å². The second-order valence-electron chi connectivity index (χ2n) is 6.85. The fourth-order valence-electron chi connectivity index (χ4n) is 3.86. The lowest BCUT2D eigenvalue weighted by molar-refractivity contribution is 0.125. The molecule has 2 nitrogen and oxygen atoms in total. The Labute approximate surface area is 122 Å². The zero-order valence-corrected chi connectivity index (χ0v) is 12.6. The van der Waals surface area contributed by atoms with Crippen molar-refractivity contribution in [1.29, 1.82) is 0 Å². The molecule has 0 amide bonds. The van der Waals surface area contributed by atoms with Crippen LogP contribution in [0.25, 0.3) is 0 Å². The number of aliphatic hydroxyl groups is 1. The van der Waals surface area contributed by atoms with Crippen molar-refractivity contribution in [2.45, 2.75) is 57.9 Å². The van der Waals surface area contributed by atoms with Crippen molar-refractivity contribution in [2.75, 3.05) is 13.2 Å². The van der Waals surface area contributed by atoms with Crippen LogP contribution in [0, 0.1) is 5.41 Å². The Morgan fingerprint density at radius 3 is 2.65 bits per heavy atom. The van der Waals surface area contributed by atoms with Gasteiger partial charge in [0.1, 0.15) is 0 Å². The van der Waals surface area contributed by atoms with E-state index in [9.17, 15) is 5.11 Å². The Morgan fingerprint density at radius 1 is 1.15 bits per heavy atom. The van der Waals surface area contributed by atoms with Gasteiger partial charge in [-0.1, -0.05) is 31.0 Å². The molecule has 2 aliphatic rings. The van der Waals surface area contributed by atoms with Crippen LogP contribution < -0.4 is 5.32 Å². The van der Waals surface area contributed by atoms with Gasteiger partial charge in [-0.3, -0.25) is 0 Å². The lowest BCUT2D eigenvalue weighted by Gasteiger charge is -2.29. The van der Waals surface area contributed by atoms with Crippen LogP contribution in [0.1, 0.15) is 61.8 Å². The van der Waals surface area contributed by atoms with E-state index in [4.69, 9.17) is 0 Å². The van der Waals surface area contributed by atoms with Gasteiger partial charge in [0.2, 0.25) is 0 Å². The van der Waals surface area contributed by atoms with Crippen LogP contribution in [0.4, 0.5) is 0 Å². The standard InChI is InChI=1S/C18H27NO/c1-14(19-12-18(13-20)9-2-3-10-18)16-8-7-15-5-4-6-17(15)11-16/h7-8,11,14,19-20H,2-6,9-10,12-13H2,1H3. The van der Waals surface area contributed by atoms with Gasteiger partial charge in [-0.25, -0.2) is 0 Å². The van der Waals surface area contributed by atoms with E-state index >= 15 is 0 Å². The van der Waals surface area contributed by atoms with Gasteiger partial charge in [-0.2, -0.15) is 0 Å². The number of fused-ring (bicyclic) bond motifs is 1. The fourth-order valence-corrected chi connectivity index (χ4v) is 3.86. The van der Waals surface area contributed by atoms with Crippen LogP contribution in [0.2, 0.25) is 0 Å². The molecular weight excluding hydrogens is 246 g/mol. The molecule has 1 atom stereocenters. The highest BCUT2D eigenvalue weighted by molar-refractivity contribution is 5.36. The quantitative estimate of drug-likeness (QED) is 0.862. The third kappa shape index (κ3) is 2.77. The number of nitrogens with one attached hydrogen (secondary N) is 1. The summed E-state index contributed by atoms with van der Waals surface area (Å²) < 4.78 is 0. The average Bonchev–Trinajstić information content (AvgIpc) is 3.13. The minimum absolute atomic E-state index is 0.144. The molecule has 2 aliphatic carbocycles. The molecule has 1 saturated carbocycles. The third-order valence-corrected chi connectivity index (χ3v) is 5.41. The molecule has 0 saturated heterocycles. The lowest BCUT2D eigenvalue weighted by atomic mass is 9.87. The average molecular weight is 273 g/mol. The van der Waals surface area contributed by atoms with Gasteiger partial charge in [0.25, 0.3) is 0 Å². The summed E-state index contributed by atoms with van der Waals surface area (Å²) in [5.41, 5.74) is 4.64. The Hall–Kier alpha value is -0.860. The Morgan fingerprint density at radius 2 is 1.90 bits per heavy atom. The zero-order valence-electron chi connectivity index (χ0n) is 12.6. The Balaban J connectivity index is 1.63. The first-order chi connectivity index (χ1) is 9.72. The minimum Gasteiger partial charge on any atom is -0.396 e. The Bertz CT molecular complexity index is 462. The van der Waals surface area contributed by atoms with Gasteiger partial charge in [0.15, 0.2) is 0 Å². The van der Waals surface area contributed by atoms with Gasteiger partial charge < -0.3 is 10.4 Å². The topological polar surface area (TPSA) is 32.3 Å². The highest BCUT2D eigenvalue weighted by Crippen LogP contribution is 2.37. The molecule has 1 aromatic carbocycles. The van der Waals surface area contributed by atoms with Crippen LogP contribution in [-0.2, 0) is 12.8 Å². The first-order valence-electron chi connectivity index (χ1n) is 8.18. The molecule has 0 spiro atoms. The first-order valence-corrected chi connectivity index (χ1v) is 8.18. The maximum atomic E-state index is 9.69. The lowest BCUT2D eigenvalue weighted by Crippen LogP contribution is -2.36. The summed E-state index contributed by atoms with van der Waals surface area (Å²) in [6.07, 6.45) is 8.71. The van der Waals surface area contributed by atoms with Crippen molar-refractivity contribution in [1.82, 2.24) is 5.32 Å². The minimum atomic E-state index is 0.144. The first kappa shape index (κ1) is 14.1. The molecule has 3 rings (SSSR count). The molecule has 110 valence electrons. The monoisotopic (exact) mass is 273 g/mol. The van der Waals surface area contributed by atoms with Crippen molar-refractivity contribution in [3.05, 3.63) is 34.9 Å². The van der Waals surface area contributed by atoms with E-state index in [0.717, 1.165) is 6.54 Å². The molecule has 0 bridgehead atoms. The third-order valence-electron chi connectivity index (χ3n) is 5.41. The van der Waals surface area contributed by atoms with Crippen LogP contribution in [0.5, 0.6) is 0 Å². The summed E-state index contributed by atoms with van der Waals surface area (Å²) in [4.78, 5) is 0. The van der Waals surface area contributed by atoms with E-state index in [-0.39, 0.29) is 5.41 Å². The highest BCUT2D eigenvalue weighted by Gasteiger charge is 2.33. The number of hydrogen-bond donors (Lipinski definition) is 2. The molecule has 1 unspecified atom stereocenters. The van der Waals surface area contributed by atoms with Gasteiger partial charge in [0.05, 0.1) is 0 Å². The predicted molar refractivity (Wildman–Crippen MR) is 82.9 cm³/mol. The zero-order chi connectivity index (χ0) is 14.0. The number of aryl methyl sites for hydroxylation is 2. The van der Waals surface area contributed by atoms with Crippen molar-refractivity contribution >= 4 is 0 Å². The maximum absolute atomic E-state index is 9.69. The van der Waals surface area contributed by atoms with E-state index in [1.165, 1.54) is 50.5 Å². The maximum Gasteiger partial charge on any atom is 0.0499 e. The molecular formula is C18H27NO. The molecule has 20 heavy (non-hydrogen) atoms. The molecule has 0 aromatic heterocycles. The summed E-state index contributed by atoms with van der Waals surface area (Å²) in [7, 11) is 0. The van der Waals surface area contributed by atoms with E-state index in [1.807, 2.05) is 0 Å². The number of hydrogen-bond acceptors (Lipinski definition) is 2. The van der Waals surface area contributed by atoms with Crippen LogP contribution in [0.3, 0.4) is 0 Å². The largest absolute Gasteiger partial charge is 0.396 e. The molecule has 2 N–H and O–H groups in total. The fraction of sp³-hybridized carbons (Fsp3) is 0.667. The van der Waals surface area contributed by atoms with Gasteiger partial charge in [-0.05, 0) is 55.7 Å². The molecule has 0 aliphatic heterocycles. The highest BCUT2D eigenvalue weighted by atomic mass is 16.3. The van der Waals surface area contributed by atoms with Crippen LogP contribution in [-0.4, -0.2) is 18.3 Å². The van der Waals surface area contributed by atoms with E-state index in [0.29, 0.717) is 12.6 Å². The molecule has 1 fully saturated rings. The molecule has 1 aromatic rings. The van der Waals surface area contributed by atoms with Crippen LogP contribution >= 0.6 is 0 Å². The Kier molecular flexibility index (Phi) is 4.13. The van der Waals surface area contributed by atoms with Gasteiger partial charge in [0, 0.05) is 24.6 Å². The number of rotatable bonds is 5. The summed E-state index contributed by atoms with van der Waals surface area (Å²) in [5, 5.41) is 13.4.